The molecule has 0 spiro atoms. The number of nitrogens with two attached hydrogens (primary N) is 1. The van der Waals surface area contributed by atoms with Crippen LogP contribution in [-0.4, -0.2) is 4.98 Å². The SMILES string of the molecule is Cc1cc2cccc(N)c2nc1C. The minimum absolute atomic E-state index is 0.751. The summed E-state index contributed by atoms with van der Waals surface area (Å²) in [6.07, 6.45) is 0. The van der Waals surface area contributed by atoms with Gasteiger partial charge in [0.1, 0.15) is 0 Å². The molecule has 0 atom stereocenters. The number of pyridine rings is 1. The molecule has 1 heterocycles. The number of nitrogens with zero attached hydrogens (tertiary/aromatic N) is 1. The van der Waals surface area contributed by atoms with Crippen molar-refractivity contribution in [1.29, 1.82) is 0 Å². The third-order valence-electron chi connectivity index (χ3n) is 2.32. The summed E-state index contributed by atoms with van der Waals surface area (Å²) in [7, 11) is 0. The highest BCUT2D eigenvalue weighted by molar-refractivity contribution is 5.89. The van der Waals surface area contributed by atoms with Crippen molar-refractivity contribution in [3.63, 3.8) is 0 Å². The maximum atomic E-state index is 5.81. The van der Waals surface area contributed by atoms with E-state index in [1.807, 2.05) is 25.1 Å². The molecule has 2 nitrogen and oxygen atoms in total. The number of nitrogen functional groups attached to an aromatic ring is 1. The second-order valence-corrected chi connectivity index (χ2v) is 3.31. The predicted molar refractivity (Wildman–Crippen MR) is 55.6 cm³/mol. The lowest BCUT2D eigenvalue weighted by atomic mass is 10.1. The Hall–Kier alpha value is -1.57. The lowest BCUT2D eigenvalue weighted by Gasteiger charge is -2.04. The summed E-state index contributed by atoms with van der Waals surface area (Å²) in [5.74, 6) is 0. The third kappa shape index (κ3) is 1.24. The van der Waals surface area contributed by atoms with Gasteiger partial charge in [-0.2, -0.15) is 0 Å². The molecule has 1 aromatic heterocycles. The smallest absolute Gasteiger partial charge is 0.0934 e. The summed E-state index contributed by atoms with van der Waals surface area (Å²) in [4.78, 5) is 4.45. The Morgan fingerprint density at radius 2 is 2.00 bits per heavy atom. The summed E-state index contributed by atoms with van der Waals surface area (Å²) in [5, 5.41) is 1.11. The fourth-order valence-corrected chi connectivity index (χ4v) is 1.42. The maximum Gasteiger partial charge on any atom is 0.0934 e. The molecule has 66 valence electrons. The van der Waals surface area contributed by atoms with Gasteiger partial charge in [-0.15, -0.1) is 0 Å². The molecule has 0 radical (unpaired) electrons. The number of fused-ring (bicyclic) bond motifs is 1. The summed E-state index contributed by atoms with van der Waals surface area (Å²) >= 11 is 0. The average molecular weight is 172 g/mol. The van der Waals surface area contributed by atoms with Crippen LogP contribution in [0.4, 0.5) is 5.69 Å². The molecular weight excluding hydrogens is 160 g/mol. The van der Waals surface area contributed by atoms with Crippen LogP contribution in [-0.2, 0) is 0 Å². The Balaban J connectivity index is 2.89. The van der Waals surface area contributed by atoms with Crippen molar-refractivity contribution in [1.82, 2.24) is 4.98 Å². The quantitative estimate of drug-likeness (QED) is 0.620. The van der Waals surface area contributed by atoms with Gasteiger partial charge in [0.2, 0.25) is 0 Å². The van der Waals surface area contributed by atoms with E-state index in [9.17, 15) is 0 Å². The van der Waals surface area contributed by atoms with Gasteiger partial charge in [-0.05, 0) is 31.5 Å². The minimum atomic E-state index is 0.751. The molecule has 1 aromatic carbocycles. The van der Waals surface area contributed by atoms with Gasteiger partial charge in [0, 0.05) is 11.1 Å². The second-order valence-electron chi connectivity index (χ2n) is 3.31. The molecule has 2 rings (SSSR count). The van der Waals surface area contributed by atoms with E-state index in [4.69, 9.17) is 5.73 Å². The van der Waals surface area contributed by atoms with Crippen LogP contribution < -0.4 is 5.73 Å². The van der Waals surface area contributed by atoms with Crippen LogP contribution in [0.1, 0.15) is 11.3 Å². The summed E-state index contributed by atoms with van der Waals surface area (Å²) < 4.78 is 0. The van der Waals surface area contributed by atoms with Crippen molar-refractivity contribution in [2.24, 2.45) is 0 Å². The van der Waals surface area contributed by atoms with Gasteiger partial charge in [0.15, 0.2) is 0 Å². The number of hydrogen-bond donors (Lipinski definition) is 1. The molecule has 0 amide bonds. The van der Waals surface area contributed by atoms with Crippen LogP contribution in [0, 0.1) is 13.8 Å². The van der Waals surface area contributed by atoms with Gasteiger partial charge in [-0.25, -0.2) is 0 Å². The number of rotatable bonds is 0. The number of anilines is 1. The Labute approximate surface area is 77.4 Å². The first kappa shape index (κ1) is 8.05. The van der Waals surface area contributed by atoms with E-state index in [1.54, 1.807) is 0 Å². The Morgan fingerprint density at radius 3 is 2.77 bits per heavy atom. The topological polar surface area (TPSA) is 38.9 Å². The zero-order chi connectivity index (χ0) is 9.42. The normalized spacial score (nSPS) is 10.6. The van der Waals surface area contributed by atoms with Gasteiger partial charge in [0.25, 0.3) is 0 Å². The van der Waals surface area contributed by atoms with Crippen molar-refractivity contribution in [3.8, 4) is 0 Å². The summed E-state index contributed by atoms with van der Waals surface area (Å²) in [6, 6.07) is 7.98. The lowest BCUT2D eigenvalue weighted by molar-refractivity contribution is 1.20. The molecule has 2 heteroatoms. The van der Waals surface area contributed by atoms with E-state index in [0.717, 1.165) is 22.3 Å². The number of aromatic nitrogens is 1. The number of aryl methyl sites for hydroxylation is 2. The Kier molecular flexibility index (Phi) is 1.69. The predicted octanol–water partition coefficient (Wildman–Crippen LogP) is 2.43. The Bertz CT molecular complexity index is 461. The lowest BCUT2D eigenvalue weighted by Crippen LogP contribution is -1.93. The van der Waals surface area contributed by atoms with E-state index < -0.39 is 0 Å². The molecule has 13 heavy (non-hydrogen) atoms. The van der Waals surface area contributed by atoms with E-state index >= 15 is 0 Å². The minimum Gasteiger partial charge on any atom is -0.397 e. The standard InChI is InChI=1S/C11H12N2/c1-7-6-9-4-3-5-10(12)11(9)13-8(7)2/h3-6H,12H2,1-2H3. The van der Waals surface area contributed by atoms with Crippen molar-refractivity contribution >= 4 is 16.6 Å². The van der Waals surface area contributed by atoms with Crippen molar-refractivity contribution < 1.29 is 0 Å². The first-order chi connectivity index (χ1) is 6.18. The van der Waals surface area contributed by atoms with Crippen LogP contribution in [0.5, 0.6) is 0 Å². The highest BCUT2D eigenvalue weighted by atomic mass is 14.7. The van der Waals surface area contributed by atoms with E-state index in [2.05, 4.69) is 18.0 Å². The first-order valence-corrected chi connectivity index (χ1v) is 4.31. The molecule has 2 N–H and O–H groups in total. The molecule has 2 aromatic rings. The first-order valence-electron chi connectivity index (χ1n) is 4.31. The van der Waals surface area contributed by atoms with Crippen molar-refractivity contribution in [2.75, 3.05) is 5.73 Å². The van der Waals surface area contributed by atoms with Gasteiger partial charge in [0.05, 0.1) is 11.2 Å². The number of hydrogen-bond acceptors (Lipinski definition) is 2. The van der Waals surface area contributed by atoms with E-state index in [1.165, 1.54) is 5.56 Å². The zero-order valence-corrected chi connectivity index (χ0v) is 7.83. The van der Waals surface area contributed by atoms with Crippen molar-refractivity contribution in [3.05, 3.63) is 35.5 Å². The highest BCUT2D eigenvalue weighted by Gasteiger charge is 2.01. The summed E-state index contributed by atoms with van der Waals surface area (Å²) in [6.45, 7) is 4.06. The molecule has 0 bridgehead atoms. The van der Waals surface area contributed by atoms with Crippen LogP contribution in [0.15, 0.2) is 24.3 Å². The van der Waals surface area contributed by atoms with E-state index in [-0.39, 0.29) is 0 Å². The number of benzene rings is 1. The van der Waals surface area contributed by atoms with E-state index in [0.29, 0.717) is 0 Å². The van der Waals surface area contributed by atoms with Gasteiger partial charge < -0.3 is 5.73 Å². The van der Waals surface area contributed by atoms with Crippen LogP contribution in [0.2, 0.25) is 0 Å². The summed E-state index contributed by atoms with van der Waals surface area (Å²) in [5.41, 5.74) is 9.72. The Morgan fingerprint density at radius 1 is 1.23 bits per heavy atom. The van der Waals surface area contributed by atoms with Crippen LogP contribution >= 0.6 is 0 Å². The molecule has 0 unspecified atom stereocenters. The molecule has 0 saturated carbocycles. The largest absolute Gasteiger partial charge is 0.397 e. The molecule has 0 saturated heterocycles. The van der Waals surface area contributed by atoms with Gasteiger partial charge in [-0.1, -0.05) is 12.1 Å². The molecule has 0 aliphatic heterocycles. The van der Waals surface area contributed by atoms with Gasteiger partial charge in [-0.3, -0.25) is 4.98 Å². The maximum absolute atomic E-state index is 5.81. The van der Waals surface area contributed by atoms with Crippen molar-refractivity contribution in [2.45, 2.75) is 13.8 Å². The number of para-hydroxylation sites is 1. The van der Waals surface area contributed by atoms with Crippen LogP contribution in [0.25, 0.3) is 10.9 Å². The molecule has 0 aliphatic rings. The molecule has 0 aliphatic carbocycles. The van der Waals surface area contributed by atoms with Gasteiger partial charge >= 0.3 is 0 Å². The fourth-order valence-electron chi connectivity index (χ4n) is 1.42. The average Bonchev–Trinajstić information content (AvgIpc) is 2.09. The third-order valence-corrected chi connectivity index (χ3v) is 2.32. The second kappa shape index (κ2) is 2.73. The highest BCUT2D eigenvalue weighted by Crippen LogP contribution is 2.20. The zero-order valence-electron chi connectivity index (χ0n) is 7.83. The monoisotopic (exact) mass is 172 g/mol. The fraction of sp³-hybridized carbons (Fsp3) is 0.182. The van der Waals surface area contributed by atoms with Crippen LogP contribution in [0.3, 0.4) is 0 Å². The molecular formula is C11H12N2. The molecule has 0 fully saturated rings.